The molecular formula is C10H18N2O. The highest BCUT2D eigenvalue weighted by Gasteiger charge is 2.26. The number of hydrogen-bond acceptors (Lipinski definition) is 3. The van der Waals surface area contributed by atoms with E-state index in [1.165, 1.54) is 13.0 Å². The van der Waals surface area contributed by atoms with Gasteiger partial charge in [0.25, 0.3) is 0 Å². The molecule has 0 amide bonds. The fraction of sp³-hybridized carbons (Fsp3) is 0.800. The summed E-state index contributed by atoms with van der Waals surface area (Å²) in [5.41, 5.74) is 0. The molecule has 3 heteroatoms. The van der Waals surface area contributed by atoms with Crippen LogP contribution in [0.15, 0.2) is 12.8 Å². The minimum absolute atomic E-state index is 0.738. The molecule has 0 bridgehead atoms. The molecule has 0 aliphatic carbocycles. The first kappa shape index (κ1) is 9.03. The van der Waals surface area contributed by atoms with Gasteiger partial charge in [-0.2, -0.15) is 0 Å². The third-order valence-electron chi connectivity index (χ3n) is 3.02. The Labute approximate surface area is 80.0 Å². The molecule has 0 aromatic rings. The summed E-state index contributed by atoms with van der Waals surface area (Å²) in [5.74, 6) is 0. The van der Waals surface area contributed by atoms with Crippen LogP contribution in [0.5, 0.6) is 0 Å². The molecule has 2 heterocycles. The Morgan fingerprint density at radius 2 is 2.00 bits per heavy atom. The van der Waals surface area contributed by atoms with E-state index in [9.17, 15) is 0 Å². The molecule has 0 N–H and O–H groups in total. The third-order valence-corrected chi connectivity index (χ3v) is 3.02. The van der Waals surface area contributed by atoms with Crippen molar-refractivity contribution in [2.24, 2.45) is 0 Å². The molecule has 2 fully saturated rings. The maximum atomic E-state index is 5.34. The zero-order valence-electron chi connectivity index (χ0n) is 8.11. The molecule has 2 rings (SSSR count). The summed E-state index contributed by atoms with van der Waals surface area (Å²) in [4.78, 5) is 4.85. The van der Waals surface area contributed by atoms with Gasteiger partial charge in [0.1, 0.15) is 0 Å². The Kier molecular flexibility index (Phi) is 2.86. The lowest BCUT2D eigenvalue weighted by atomic mass is 10.2. The monoisotopic (exact) mass is 182 g/mol. The highest BCUT2D eigenvalue weighted by Crippen LogP contribution is 2.16. The molecule has 0 radical (unpaired) electrons. The third kappa shape index (κ3) is 2.03. The van der Waals surface area contributed by atoms with Crippen LogP contribution in [0.2, 0.25) is 0 Å². The van der Waals surface area contributed by atoms with Crippen LogP contribution in [0.1, 0.15) is 6.42 Å². The van der Waals surface area contributed by atoms with Crippen molar-refractivity contribution in [2.75, 3.05) is 39.4 Å². The number of hydrogen-bond donors (Lipinski definition) is 0. The second kappa shape index (κ2) is 4.11. The van der Waals surface area contributed by atoms with Gasteiger partial charge in [-0.05, 0) is 12.6 Å². The van der Waals surface area contributed by atoms with Gasteiger partial charge in [-0.15, -0.1) is 0 Å². The Balaban J connectivity index is 1.83. The quantitative estimate of drug-likeness (QED) is 0.620. The van der Waals surface area contributed by atoms with Crippen molar-refractivity contribution < 1.29 is 4.74 Å². The molecule has 0 spiro atoms. The van der Waals surface area contributed by atoms with Crippen molar-refractivity contribution in [1.29, 1.82) is 0 Å². The summed E-state index contributed by atoms with van der Waals surface area (Å²) in [6.45, 7) is 10.2. The van der Waals surface area contributed by atoms with Gasteiger partial charge < -0.3 is 9.64 Å². The van der Waals surface area contributed by atoms with E-state index in [2.05, 4.69) is 16.4 Å². The first-order valence-corrected chi connectivity index (χ1v) is 5.08. The van der Waals surface area contributed by atoms with Crippen LogP contribution < -0.4 is 0 Å². The van der Waals surface area contributed by atoms with Gasteiger partial charge >= 0.3 is 0 Å². The van der Waals surface area contributed by atoms with Crippen LogP contribution in [0, 0.1) is 0 Å². The normalized spacial score (nSPS) is 30.8. The Hall–Kier alpha value is -0.540. The molecule has 2 aliphatic heterocycles. The summed E-state index contributed by atoms with van der Waals surface area (Å²) in [6, 6.07) is 0.738. The van der Waals surface area contributed by atoms with Crippen LogP contribution in [0.3, 0.4) is 0 Å². The number of morpholine rings is 1. The van der Waals surface area contributed by atoms with Crippen molar-refractivity contribution in [1.82, 2.24) is 9.80 Å². The lowest BCUT2D eigenvalue weighted by Gasteiger charge is -2.31. The predicted octanol–water partition coefficient (Wildman–Crippen LogP) is 0.536. The van der Waals surface area contributed by atoms with Gasteiger partial charge in [-0.3, -0.25) is 4.90 Å². The van der Waals surface area contributed by atoms with Crippen LogP contribution in [0.25, 0.3) is 0 Å². The first-order valence-electron chi connectivity index (χ1n) is 5.08. The van der Waals surface area contributed by atoms with E-state index in [0.717, 1.165) is 38.9 Å². The number of nitrogens with zero attached hydrogens (tertiary/aromatic N) is 2. The van der Waals surface area contributed by atoms with E-state index < -0.39 is 0 Å². The standard InChI is InChI=1S/C10H18N2O/c1-2-11-4-3-10(9-11)12-5-7-13-8-6-12/h2,10H,1,3-9H2. The van der Waals surface area contributed by atoms with Crippen molar-refractivity contribution >= 4 is 0 Å². The van der Waals surface area contributed by atoms with Gasteiger partial charge in [0, 0.05) is 32.2 Å². The largest absolute Gasteiger partial charge is 0.379 e. The van der Waals surface area contributed by atoms with E-state index in [4.69, 9.17) is 4.74 Å². The summed E-state index contributed by atoms with van der Waals surface area (Å²) in [5, 5.41) is 0. The average molecular weight is 182 g/mol. The van der Waals surface area contributed by atoms with Crippen molar-refractivity contribution in [3.8, 4) is 0 Å². The van der Waals surface area contributed by atoms with E-state index in [1.807, 2.05) is 6.20 Å². The number of likely N-dealkylation sites (tertiary alicyclic amines) is 1. The van der Waals surface area contributed by atoms with Crippen LogP contribution in [-0.4, -0.2) is 55.2 Å². The van der Waals surface area contributed by atoms with Crippen LogP contribution >= 0.6 is 0 Å². The van der Waals surface area contributed by atoms with Gasteiger partial charge in [-0.25, -0.2) is 0 Å². The second-order valence-electron chi connectivity index (χ2n) is 3.77. The second-order valence-corrected chi connectivity index (χ2v) is 3.77. The maximum absolute atomic E-state index is 5.34. The molecule has 0 aromatic carbocycles. The fourth-order valence-corrected chi connectivity index (χ4v) is 2.17. The summed E-state index contributed by atoms with van der Waals surface area (Å²) in [6.07, 6.45) is 3.24. The smallest absolute Gasteiger partial charge is 0.0594 e. The average Bonchev–Trinajstić information content (AvgIpc) is 2.67. The minimum Gasteiger partial charge on any atom is -0.379 e. The van der Waals surface area contributed by atoms with Crippen molar-refractivity contribution in [2.45, 2.75) is 12.5 Å². The molecule has 74 valence electrons. The highest BCUT2D eigenvalue weighted by atomic mass is 16.5. The maximum Gasteiger partial charge on any atom is 0.0594 e. The molecule has 0 saturated carbocycles. The minimum atomic E-state index is 0.738. The SMILES string of the molecule is C=CN1CCC(N2CCOCC2)C1. The Morgan fingerprint density at radius 3 is 2.62 bits per heavy atom. The van der Waals surface area contributed by atoms with Crippen molar-refractivity contribution in [3.63, 3.8) is 0 Å². The molecule has 13 heavy (non-hydrogen) atoms. The Bertz CT molecular complexity index is 178. The van der Waals surface area contributed by atoms with E-state index in [-0.39, 0.29) is 0 Å². The van der Waals surface area contributed by atoms with Crippen LogP contribution in [-0.2, 0) is 4.74 Å². The highest BCUT2D eigenvalue weighted by molar-refractivity contribution is 4.88. The van der Waals surface area contributed by atoms with E-state index >= 15 is 0 Å². The summed E-state index contributed by atoms with van der Waals surface area (Å²) in [7, 11) is 0. The van der Waals surface area contributed by atoms with Gasteiger partial charge in [0.05, 0.1) is 13.2 Å². The molecular weight excluding hydrogens is 164 g/mol. The lowest BCUT2D eigenvalue weighted by molar-refractivity contribution is 0.0192. The summed E-state index contributed by atoms with van der Waals surface area (Å²) >= 11 is 0. The molecule has 2 aliphatic rings. The zero-order valence-corrected chi connectivity index (χ0v) is 8.11. The predicted molar refractivity (Wildman–Crippen MR) is 52.6 cm³/mol. The zero-order chi connectivity index (χ0) is 9.10. The first-order chi connectivity index (χ1) is 6.40. The van der Waals surface area contributed by atoms with Crippen LogP contribution in [0.4, 0.5) is 0 Å². The lowest BCUT2D eigenvalue weighted by Crippen LogP contribution is -2.44. The molecule has 3 nitrogen and oxygen atoms in total. The topological polar surface area (TPSA) is 15.7 Å². The molecule has 1 atom stereocenters. The van der Waals surface area contributed by atoms with Gasteiger partial charge in [-0.1, -0.05) is 6.58 Å². The molecule has 0 aromatic heterocycles. The fourth-order valence-electron chi connectivity index (χ4n) is 2.17. The Morgan fingerprint density at radius 1 is 1.23 bits per heavy atom. The number of rotatable bonds is 2. The van der Waals surface area contributed by atoms with Gasteiger partial charge in [0.2, 0.25) is 0 Å². The van der Waals surface area contributed by atoms with Gasteiger partial charge in [0.15, 0.2) is 0 Å². The van der Waals surface area contributed by atoms with E-state index in [0.29, 0.717) is 0 Å². The molecule has 1 unspecified atom stereocenters. The van der Waals surface area contributed by atoms with E-state index in [1.54, 1.807) is 0 Å². The summed E-state index contributed by atoms with van der Waals surface area (Å²) < 4.78 is 5.34. The number of ether oxygens (including phenoxy) is 1. The van der Waals surface area contributed by atoms with Crippen molar-refractivity contribution in [3.05, 3.63) is 12.8 Å². The molecule has 2 saturated heterocycles.